The number of carbonyl (C=O) groups is 1. The highest BCUT2D eigenvalue weighted by Gasteiger charge is 2.28. The number of benzene rings is 2. The Balaban J connectivity index is 1.85. The Bertz CT molecular complexity index is 920. The van der Waals surface area contributed by atoms with E-state index < -0.39 is 10.0 Å². The van der Waals surface area contributed by atoms with E-state index in [0.717, 1.165) is 31.2 Å². The summed E-state index contributed by atoms with van der Waals surface area (Å²) in [4.78, 5) is 13.1. The minimum Gasteiger partial charge on any atom is -0.345 e. The van der Waals surface area contributed by atoms with Crippen LogP contribution >= 0.6 is 0 Å². The van der Waals surface area contributed by atoms with Crippen LogP contribution in [-0.4, -0.2) is 31.7 Å². The van der Waals surface area contributed by atoms with Crippen molar-refractivity contribution in [2.45, 2.75) is 50.5 Å². The van der Waals surface area contributed by atoms with E-state index >= 15 is 0 Å². The molecule has 0 spiro atoms. The molecule has 1 N–H and O–H groups in total. The molecule has 0 aromatic heterocycles. The quantitative estimate of drug-likeness (QED) is 0.795. The van der Waals surface area contributed by atoms with Crippen LogP contribution in [0.3, 0.4) is 0 Å². The molecular weight excluding hydrogens is 372 g/mol. The molecular formula is C22H28N2O3S. The van der Waals surface area contributed by atoms with Gasteiger partial charge in [0.1, 0.15) is 0 Å². The van der Waals surface area contributed by atoms with Crippen molar-refractivity contribution in [3.63, 3.8) is 0 Å². The van der Waals surface area contributed by atoms with E-state index in [1.165, 1.54) is 6.07 Å². The van der Waals surface area contributed by atoms with E-state index in [1.807, 2.05) is 37.3 Å². The van der Waals surface area contributed by atoms with Gasteiger partial charge in [0.15, 0.2) is 0 Å². The van der Waals surface area contributed by atoms with E-state index in [9.17, 15) is 13.2 Å². The van der Waals surface area contributed by atoms with Gasteiger partial charge < -0.3 is 5.32 Å². The highest BCUT2D eigenvalue weighted by Crippen LogP contribution is 2.25. The van der Waals surface area contributed by atoms with Crippen LogP contribution in [0.1, 0.15) is 60.1 Å². The number of amides is 1. The van der Waals surface area contributed by atoms with Crippen LogP contribution in [0, 0.1) is 6.92 Å². The second kappa shape index (κ2) is 8.88. The van der Waals surface area contributed by atoms with E-state index in [4.69, 9.17) is 0 Å². The van der Waals surface area contributed by atoms with Crippen molar-refractivity contribution in [2.75, 3.05) is 13.1 Å². The maximum Gasteiger partial charge on any atom is 0.251 e. The fourth-order valence-electron chi connectivity index (χ4n) is 3.61. The second-order valence-corrected chi connectivity index (χ2v) is 9.20. The summed E-state index contributed by atoms with van der Waals surface area (Å²) in [5.41, 5.74) is 2.07. The number of aryl methyl sites for hydroxylation is 1. The molecule has 1 aliphatic heterocycles. The molecule has 2 aromatic carbocycles. The molecule has 5 nitrogen and oxygen atoms in total. The summed E-state index contributed by atoms with van der Waals surface area (Å²) in [7, 11) is -3.58. The van der Waals surface area contributed by atoms with Crippen LogP contribution in [0.5, 0.6) is 0 Å². The van der Waals surface area contributed by atoms with Crippen molar-refractivity contribution in [2.24, 2.45) is 0 Å². The largest absolute Gasteiger partial charge is 0.345 e. The summed E-state index contributed by atoms with van der Waals surface area (Å²) in [6.07, 6.45) is 3.58. The van der Waals surface area contributed by atoms with Gasteiger partial charge in [0.2, 0.25) is 10.0 Å². The zero-order valence-corrected chi connectivity index (χ0v) is 17.3. The molecule has 0 radical (unpaired) electrons. The van der Waals surface area contributed by atoms with Gasteiger partial charge in [-0.3, -0.25) is 4.79 Å². The minimum atomic E-state index is -3.58. The van der Waals surface area contributed by atoms with Gasteiger partial charge in [0.05, 0.1) is 10.9 Å². The highest BCUT2D eigenvalue weighted by molar-refractivity contribution is 7.89. The van der Waals surface area contributed by atoms with E-state index in [1.54, 1.807) is 23.4 Å². The molecule has 0 bridgehead atoms. The van der Waals surface area contributed by atoms with Crippen molar-refractivity contribution in [3.05, 3.63) is 65.2 Å². The first-order valence-electron chi connectivity index (χ1n) is 9.90. The maximum absolute atomic E-state index is 13.1. The van der Waals surface area contributed by atoms with Crippen molar-refractivity contribution in [3.8, 4) is 0 Å². The Morgan fingerprint density at radius 1 is 1.07 bits per heavy atom. The molecule has 0 aliphatic carbocycles. The Labute approximate surface area is 167 Å². The van der Waals surface area contributed by atoms with Gasteiger partial charge in [-0.05, 0) is 49.4 Å². The molecule has 0 unspecified atom stereocenters. The smallest absolute Gasteiger partial charge is 0.251 e. The lowest BCUT2D eigenvalue weighted by Crippen LogP contribution is -2.36. The molecule has 2 aromatic rings. The van der Waals surface area contributed by atoms with Gasteiger partial charge in [0, 0.05) is 18.7 Å². The predicted molar refractivity (Wildman–Crippen MR) is 111 cm³/mol. The lowest BCUT2D eigenvalue weighted by Gasteiger charge is -2.26. The lowest BCUT2D eigenvalue weighted by atomic mass is 10.0. The number of nitrogens with one attached hydrogen (secondary N) is 1. The zero-order valence-electron chi connectivity index (χ0n) is 16.5. The van der Waals surface area contributed by atoms with Crippen LogP contribution < -0.4 is 5.32 Å². The van der Waals surface area contributed by atoms with Crippen LogP contribution in [0.4, 0.5) is 0 Å². The normalized spacial score (nSPS) is 16.5. The number of hydrogen-bond donors (Lipinski definition) is 1. The van der Waals surface area contributed by atoms with Gasteiger partial charge in [-0.2, -0.15) is 4.31 Å². The summed E-state index contributed by atoms with van der Waals surface area (Å²) >= 11 is 0. The first kappa shape index (κ1) is 20.6. The minimum absolute atomic E-state index is 0.114. The summed E-state index contributed by atoms with van der Waals surface area (Å²) in [6.45, 7) is 4.88. The Hall–Kier alpha value is -2.18. The molecule has 0 saturated carbocycles. The predicted octanol–water partition coefficient (Wildman–Crippen LogP) is 4.05. The van der Waals surface area contributed by atoms with E-state index in [0.29, 0.717) is 24.2 Å². The first-order valence-corrected chi connectivity index (χ1v) is 11.3. The SMILES string of the molecule is CC[C@H](NC(=O)c1ccc(C)c(S(=O)(=O)N2CCCCC2)c1)c1ccccc1. The number of nitrogens with zero attached hydrogens (tertiary/aromatic N) is 1. The second-order valence-electron chi connectivity index (χ2n) is 7.29. The van der Waals surface area contributed by atoms with Gasteiger partial charge in [0.25, 0.3) is 5.91 Å². The van der Waals surface area contributed by atoms with Crippen LogP contribution in [0.15, 0.2) is 53.4 Å². The number of hydrogen-bond acceptors (Lipinski definition) is 3. The van der Waals surface area contributed by atoms with E-state index in [-0.39, 0.29) is 16.8 Å². The van der Waals surface area contributed by atoms with Crippen molar-refractivity contribution in [1.29, 1.82) is 0 Å². The molecule has 1 heterocycles. The average Bonchev–Trinajstić information content (AvgIpc) is 2.73. The third kappa shape index (κ3) is 4.45. The van der Waals surface area contributed by atoms with Gasteiger partial charge >= 0.3 is 0 Å². The summed E-state index contributed by atoms with van der Waals surface area (Å²) in [6, 6.07) is 14.6. The van der Waals surface area contributed by atoms with Gasteiger partial charge in [-0.15, -0.1) is 0 Å². The third-order valence-electron chi connectivity index (χ3n) is 5.30. The molecule has 1 fully saturated rings. The lowest BCUT2D eigenvalue weighted by molar-refractivity contribution is 0.0935. The summed E-state index contributed by atoms with van der Waals surface area (Å²) < 4.78 is 27.7. The fourth-order valence-corrected chi connectivity index (χ4v) is 5.38. The van der Waals surface area contributed by atoms with Crippen LogP contribution in [-0.2, 0) is 10.0 Å². The Kier molecular flexibility index (Phi) is 6.52. The molecule has 28 heavy (non-hydrogen) atoms. The average molecular weight is 401 g/mol. The van der Waals surface area contributed by atoms with Gasteiger partial charge in [-0.1, -0.05) is 49.7 Å². The number of sulfonamides is 1. The molecule has 150 valence electrons. The standard InChI is InChI=1S/C22H28N2O3S/c1-3-20(18-10-6-4-7-11-18)23-22(25)19-13-12-17(2)21(16-19)28(26,27)24-14-8-5-9-15-24/h4,6-7,10-13,16,20H,3,5,8-9,14-15H2,1-2H3,(H,23,25)/t20-/m0/s1. The molecule has 1 amide bonds. The van der Waals surface area contributed by atoms with Gasteiger partial charge in [-0.25, -0.2) is 8.42 Å². The topological polar surface area (TPSA) is 66.5 Å². The van der Waals surface area contributed by atoms with Crippen LogP contribution in [0.25, 0.3) is 0 Å². The fraction of sp³-hybridized carbons (Fsp3) is 0.409. The summed E-state index contributed by atoms with van der Waals surface area (Å²) in [5.74, 6) is -0.259. The molecule has 3 rings (SSSR count). The molecule has 6 heteroatoms. The maximum atomic E-state index is 13.1. The summed E-state index contributed by atoms with van der Waals surface area (Å²) in [5, 5.41) is 3.03. The third-order valence-corrected chi connectivity index (χ3v) is 7.34. The van der Waals surface area contributed by atoms with Crippen LogP contribution in [0.2, 0.25) is 0 Å². The zero-order chi connectivity index (χ0) is 20.1. The Morgan fingerprint density at radius 2 is 1.75 bits per heavy atom. The molecule has 1 saturated heterocycles. The first-order chi connectivity index (χ1) is 13.4. The number of piperidine rings is 1. The highest BCUT2D eigenvalue weighted by atomic mass is 32.2. The monoisotopic (exact) mass is 400 g/mol. The van der Waals surface area contributed by atoms with E-state index in [2.05, 4.69) is 5.32 Å². The molecule has 1 aliphatic rings. The van der Waals surface area contributed by atoms with Crippen molar-refractivity contribution < 1.29 is 13.2 Å². The van der Waals surface area contributed by atoms with Crippen molar-refractivity contribution >= 4 is 15.9 Å². The number of carbonyl (C=O) groups excluding carboxylic acids is 1. The van der Waals surface area contributed by atoms with Crippen molar-refractivity contribution in [1.82, 2.24) is 9.62 Å². The number of rotatable bonds is 6. The Morgan fingerprint density at radius 3 is 2.39 bits per heavy atom. The molecule has 1 atom stereocenters.